The smallest absolute Gasteiger partial charge is 0.0777 e. The Morgan fingerprint density at radius 2 is 2.33 bits per heavy atom. The normalized spacial score (nSPS) is 44.3. The Morgan fingerprint density at radius 3 is 3.11 bits per heavy atom. The molecule has 0 radical (unpaired) electrons. The Labute approximate surface area is 54.6 Å². The van der Waals surface area contributed by atoms with Gasteiger partial charge in [0.25, 0.3) is 0 Å². The van der Waals surface area contributed by atoms with Crippen LogP contribution in [-0.2, 0) is 0 Å². The van der Waals surface area contributed by atoms with Crippen molar-refractivity contribution in [3.63, 3.8) is 0 Å². The van der Waals surface area contributed by atoms with Crippen LogP contribution in [-0.4, -0.2) is 11.6 Å². The van der Waals surface area contributed by atoms with Crippen molar-refractivity contribution in [2.24, 2.45) is 0 Å². The van der Waals surface area contributed by atoms with Crippen molar-refractivity contribution >= 4 is 0 Å². The minimum Gasteiger partial charge on any atom is -0.382 e. The fraction of sp³-hybridized carbons (Fsp3) is 0.429. The van der Waals surface area contributed by atoms with Gasteiger partial charge in [-0.1, -0.05) is 0 Å². The van der Waals surface area contributed by atoms with Crippen LogP contribution >= 0.6 is 0 Å². The fourth-order valence-electron chi connectivity index (χ4n) is 1.32. The van der Waals surface area contributed by atoms with Gasteiger partial charge in [0, 0.05) is 0 Å². The molecule has 2 aliphatic heterocycles. The maximum Gasteiger partial charge on any atom is 0.0777 e. The molecule has 0 bridgehead atoms. The van der Waals surface area contributed by atoms with Crippen LogP contribution in [0.25, 0.3) is 0 Å². The fourth-order valence-corrected chi connectivity index (χ4v) is 1.32. The van der Waals surface area contributed by atoms with Gasteiger partial charge in [-0.15, -0.1) is 0 Å². The monoisotopic (exact) mass is 122 g/mol. The summed E-state index contributed by atoms with van der Waals surface area (Å²) in [7, 11) is 0. The Balaban J connectivity index is 2.31. The summed E-state index contributed by atoms with van der Waals surface area (Å²) in [4.78, 5) is 0. The first-order valence-electron chi connectivity index (χ1n) is 3.19. The zero-order valence-corrected chi connectivity index (χ0v) is 5.39. The van der Waals surface area contributed by atoms with Gasteiger partial charge < -0.3 is 10.6 Å². The van der Waals surface area contributed by atoms with E-state index in [1.165, 1.54) is 0 Å². The Hall–Kier alpha value is -0.920. The Morgan fingerprint density at radius 1 is 1.44 bits per heavy atom. The number of hydrogen-bond donors (Lipinski definition) is 2. The first-order valence-corrected chi connectivity index (χ1v) is 3.19. The summed E-state index contributed by atoms with van der Waals surface area (Å²) in [6.45, 7) is 2.17. The van der Waals surface area contributed by atoms with Crippen LogP contribution in [0.15, 0.2) is 24.6 Å². The lowest BCUT2D eigenvalue weighted by Crippen LogP contribution is -2.44. The summed E-state index contributed by atoms with van der Waals surface area (Å²) in [6.07, 6.45) is 8.29. The summed E-state index contributed by atoms with van der Waals surface area (Å²) in [5, 5.41) is 6.49. The van der Waals surface area contributed by atoms with E-state index in [9.17, 15) is 0 Å². The molecule has 2 heteroatoms. The van der Waals surface area contributed by atoms with Crippen molar-refractivity contribution in [2.75, 3.05) is 0 Å². The first kappa shape index (κ1) is 4.91. The van der Waals surface area contributed by atoms with Gasteiger partial charge >= 0.3 is 0 Å². The van der Waals surface area contributed by atoms with E-state index in [-0.39, 0.29) is 5.54 Å². The van der Waals surface area contributed by atoms with Crippen molar-refractivity contribution in [1.29, 1.82) is 0 Å². The van der Waals surface area contributed by atoms with Crippen LogP contribution in [0.3, 0.4) is 0 Å². The van der Waals surface area contributed by atoms with E-state index in [1.54, 1.807) is 0 Å². The summed E-state index contributed by atoms with van der Waals surface area (Å²) in [5.74, 6) is 0. The van der Waals surface area contributed by atoms with E-state index >= 15 is 0 Å². The van der Waals surface area contributed by atoms with Crippen molar-refractivity contribution in [3.05, 3.63) is 24.6 Å². The molecule has 0 aromatic rings. The molecule has 0 aromatic heterocycles. The number of rotatable bonds is 0. The topological polar surface area (TPSA) is 24.1 Å². The van der Waals surface area contributed by atoms with Crippen molar-refractivity contribution in [3.8, 4) is 0 Å². The molecule has 2 rings (SSSR count). The van der Waals surface area contributed by atoms with Gasteiger partial charge in [-0.3, -0.25) is 0 Å². The third-order valence-corrected chi connectivity index (χ3v) is 2.03. The maximum absolute atomic E-state index is 3.27. The molecule has 0 saturated heterocycles. The largest absolute Gasteiger partial charge is 0.382 e. The van der Waals surface area contributed by atoms with Gasteiger partial charge in [0.2, 0.25) is 0 Å². The summed E-state index contributed by atoms with van der Waals surface area (Å²) in [6, 6.07) is 0.470. The quantitative estimate of drug-likeness (QED) is 0.484. The molecule has 2 nitrogen and oxygen atoms in total. The summed E-state index contributed by atoms with van der Waals surface area (Å²) < 4.78 is 0. The van der Waals surface area contributed by atoms with E-state index < -0.39 is 0 Å². The van der Waals surface area contributed by atoms with Crippen molar-refractivity contribution in [2.45, 2.75) is 18.5 Å². The van der Waals surface area contributed by atoms with Gasteiger partial charge in [-0.25, -0.2) is 0 Å². The lowest BCUT2D eigenvalue weighted by atomic mass is 9.98. The standard InChI is InChI=1S/C7H10N2/c1-7-3-5-8-6(7)2-4-9-7/h2-6,8-9H,1H3/t6?,7-/m1/s1. The molecule has 2 aliphatic rings. The number of fused-ring (bicyclic) bond motifs is 1. The lowest BCUT2D eigenvalue weighted by molar-refractivity contribution is 0.477. The highest BCUT2D eigenvalue weighted by molar-refractivity contribution is 5.28. The maximum atomic E-state index is 3.27. The molecule has 0 aromatic carbocycles. The lowest BCUT2D eigenvalue weighted by Gasteiger charge is -2.22. The summed E-state index contributed by atoms with van der Waals surface area (Å²) in [5.41, 5.74) is 0.153. The zero-order chi connectivity index (χ0) is 6.32. The van der Waals surface area contributed by atoms with E-state index in [0.29, 0.717) is 6.04 Å². The molecule has 9 heavy (non-hydrogen) atoms. The van der Waals surface area contributed by atoms with Crippen molar-refractivity contribution in [1.82, 2.24) is 10.6 Å². The molecule has 2 atom stereocenters. The van der Waals surface area contributed by atoms with Crippen LogP contribution < -0.4 is 10.6 Å². The van der Waals surface area contributed by atoms with Gasteiger partial charge in [-0.2, -0.15) is 0 Å². The van der Waals surface area contributed by atoms with Gasteiger partial charge in [-0.05, 0) is 31.5 Å². The molecule has 0 saturated carbocycles. The second kappa shape index (κ2) is 1.32. The van der Waals surface area contributed by atoms with E-state index in [2.05, 4.69) is 29.7 Å². The van der Waals surface area contributed by atoms with Gasteiger partial charge in [0.15, 0.2) is 0 Å². The third kappa shape index (κ3) is 0.502. The van der Waals surface area contributed by atoms with Crippen LogP contribution in [0.1, 0.15) is 6.92 Å². The number of nitrogens with one attached hydrogen (secondary N) is 2. The SMILES string of the molecule is C[C@@]12C=CNC1C=CN2. The molecule has 1 unspecified atom stereocenters. The van der Waals surface area contributed by atoms with E-state index in [0.717, 1.165) is 0 Å². The molecular weight excluding hydrogens is 112 g/mol. The van der Waals surface area contributed by atoms with Crippen molar-refractivity contribution < 1.29 is 0 Å². The van der Waals surface area contributed by atoms with Crippen LogP contribution in [0, 0.1) is 0 Å². The molecule has 0 fully saturated rings. The molecule has 48 valence electrons. The molecule has 0 amide bonds. The highest BCUT2D eigenvalue weighted by Crippen LogP contribution is 2.22. The van der Waals surface area contributed by atoms with Gasteiger partial charge in [0.1, 0.15) is 0 Å². The van der Waals surface area contributed by atoms with E-state index in [1.807, 2.05) is 12.4 Å². The molecule has 2 heterocycles. The van der Waals surface area contributed by atoms with Gasteiger partial charge in [0.05, 0.1) is 11.6 Å². The average molecular weight is 122 g/mol. The molecular formula is C7H10N2. The highest BCUT2D eigenvalue weighted by Gasteiger charge is 2.35. The first-order chi connectivity index (χ1) is 4.31. The van der Waals surface area contributed by atoms with Crippen LogP contribution in [0.5, 0.6) is 0 Å². The minimum absolute atomic E-state index is 0.153. The molecule has 0 aliphatic carbocycles. The predicted molar refractivity (Wildman–Crippen MR) is 36.7 cm³/mol. The Bertz CT molecular complexity index is 183. The minimum atomic E-state index is 0.153. The van der Waals surface area contributed by atoms with Crippen LogP contribution in [0.2, 0.25) is 0 Å². The molecule has 2 N–H and O–H groups in total. The second-order valence-electron chi connectivity index (χ2n) is 2.76. The highest BCUT2D eigenvalue weighted by atomic mass is 15.1. The molecule has 0 spiro atoms. The summed E-state index contributed by atoms with van der Waals surface area (Å²) >= 11 is 0. The predicted octanol–water partition coefficient (Wildman–Crippen LogP) is 0.348. The zero-order valence-electron chi connectivity index (χ0n) is 5.39. The second-order valence-corrected chi connectivity index (χ2v) is 2.76. The van der Waals surface area contributed by atoms with E-state index in [4.69, 9.17) is 0 Å². The third-order valence-electron chi connectivity index (χ3n) is 2.03. The number of hydrogen-bond acceptors (Lipinski definition) is 2. The van der Waals surface area contributed by atoms with Crippen LogP contribution in [0.4, 0.5) is 0 Å². The Kier molecular flexibility index (Phi) is 0.721. The average Bonchev–Trinajstić information content (AvgIpc) is 2.22.